The van der Waals surface area contributed by atoms with Crippen molar-refractivity contribution in [3.8, 4) is 16.8 Å². The van der Waals surface area contributed by atoms with Crippen LogP contribution in [0.4, 0.5) is 9.18 Å². The molecule has 0 unspecified atom stereocenters. The van der Waals surface area contributed by atoms with Crippen LogP contribution in [0.15, 0.2) is 70.4 Å². The lowest BCUT2D eigenvalue weighted by atomic mass is 9.91. The SMILES string of the molecule is CN(C)Cc1ccccc1-c1cccc(-n2c(=O)n(C3CCC(NC(=O)O)CC3)c(=O)c3cc(F)cnc32)c1. The number of hydrogen-bond acceptors (Lipinski definition) is 5. The van der Waals surface area contributed by atoms with Gasteiger partial charge in [-0.05, 0) is 74.7 Å². The summed E-state index contributed by atoms with van der Waals surface area (Å²) in [6.45, 7) is 0.731. The first-order valence-corrected chi connectivity index (χ1v) is 12.9. The van der Waals surface area contributed by atoms with Crippen LogP contribution in [0.2, 0.25) is 0 Å². The maximum atomic E-state index is 14.3. The number of aromatic nitrogens is 3. The molecule has 202 valence electrons. The third kappa shape index (κ3) is 5.33. The monoisotopic (exact) mass is 531 g/mol. The minimum Gasteiger partial charge on any atom is -0.465 e. The molecule has 1 fully saturated rings. The quantitative estimate of drug-likeness (QED) is 0.387. The maximum absolute atomic E-state index is 14.3. The lowest BCUT2D eigenvalue weighted by Gasteiger charge is -2.29. The molecule has 0 atom stereocenters. The Hall–Kier alpha value is -4.31. The minimum atomic E-state index is -1.10. The summed E-state index contributed by atoms with van der Waals surface area (Å²) >= 11 is 0. The van der Waals surface area contributed by atoms with E-state index in [0.717, 1.165) is 35.5 Å². The average molecular weight is 532 g/mol. The van der Waals surface area contributed by atoms with Gasteiger partial charge in [0.15, 0.2) is 5.65 Å². The summed E-state index contributed by atoms with van der Waals surface area (Å²) in [5, 5.41) is 11.5. The van der Waals surface area contributed by atoms with Gasteiger partial charge in [0.25, 0.3) is 5.56 Å². The van der Waals surface area contributed by atoms with Crippen LogP contribution in [0.1, 0.15) is 37.3 Å². The number of pyridine rings is 1. The molecule has 1 aliphatic rings. The second-order valence-electron chi connectivity index (χ2n) is 10.2. The molecule has 1 saturated carbocycles. The summed E-state index contributed by atoms with van der Waals surface area (Å²) in [5.74, 6) is -0.669. The standard InChI is InChI=1S/C29H30FN5O4/c1-33(2)17-19-6-3-4-9-24(19)18-7-5-8-23(14-18)34-26-25(15-20(30)16-31-26)27(36)35(29(34)39)22-12-10-21(11-13-22)32-28(37)38/h3-9,14-16,21-22,32H,10-13,17H2,1-2H3,(H,37,38). The number of carboxylic acid groups (broad SMARTS) is 1. The molecule has 0 bridgehead atoms. The van der Waals surface area contributed by atoms with Gasteiger partial charge in [0.1, 0.15) is 5.82 Å². The van der Waals surface area contributed by atoms with E-state index in [9.17, 15) is 18.8 Å². The summed E-state index contributed by atoms with van der Waals surface area (Å²) in [7, 11) is 4.00. The Labute approximate surface area is 224 Å². The number of benzene rings is 2. The van der Waals surface area contributed by atoms with Gasteiger partial charge in [-0.2, -0.15) is 0 Å². The van der Waals surface area contributed by atoms with Crippen molar-refractivity contribution < 1.29 is 14.3 Å². The van der Waals surface area contributed by atoms with E-state index < -0.39 is 29.2 Å². The van der Waals surface area contributed by atoms with Crippen molar-refractivity contribution >= 4 is 17.1 Å². The van der Waals surface area contributed by atoms with Crippen molar-refractivity contribution in [3.63, 3.8) is 0 Å². The van der Waals surface area contributed by atoms with Crippen molar-refractivity contribution in [1.82, 2.24) is 24.3 Å². The fourth-order valence-corrected chi connectivity index (χ4v) is 5.48. The lowest BCUT2D eigenvalue weighted by molar-refractivity contribution is 0.182. The third-order valence-corrected chi connectivity index (χ3v) is 7.20. The molecule has 10 heteroatoms. The molecule has 0 radical (unpaired) electrons. The largest absolute Gasteiger partial charge is 0.465 e. The van der Waals surface area contributed by atoms with Crippen molar-refractivity contribution in [2.75, 3.05) is 14.1 Å². The van der Waals surface area contributed by atoms with E-state index in [-0.39, 0.29) is 17.1 Å². The van der Waals surface area contributed by atoms with Gasteiger partial charge in [-0.15, -0.1) is 0 Å². The number of nitrogens with zero attached hydrogens (tertiary/aromatic N) is 4. The Balaban J connectivity index is 1.65. The lowest BCUT2D eigenvalue weighted by Crippen LogP contribution is -2.45. The van der Waals surface area contributed by atoms with Crippen LogP contribution in [0.3, 0.4) is 0 Å². The van der Waals surface area contributed by atoms with Crippen LogP contribution in [0.5, 0.6) is 0 Å². The zero-order chi connectivity index (χ0) is 27.7. The molecule has 0 spiro atoms. The molecule has 2 N–H and O–H groups in total. The normalized spacial score (nSPS) is 17.4. The number of fused-ring (bicyclic) bond motifs is 1. The second kappa shape index (κ2) is 10.8. The zero-order valence-corrected chi connectivity index (χ0v) is 21.8. The first-order valence-electron chi connectivity index (χ1n) is 12.9. The number of carbonyl (C=O) groups is 1. The highest BCUT2D eigenvalue weighted by molar-refractivity contribution is 5.77. The molecule has 2 heterocycles. The van der Waals surface area contributed by atoms with E-state index in [0.29, 0.717) is 31.4 Å². The van der Waals surface area contributed by atoms with Gasteiger partial charge >= 0.3 is 11.8 Å². The Morgan fingerprint density at radius 2 is 1.82 bits per heavy atom. The van der Waals surface area contributed by atoms with E-state index in [2.05, 4.69) is 21.3 Å². The smallest absolute Gasteiger partial charge is 0.404 e. The van der Waals surface area contributed by atoms with Crippen molar-refractivity contribution in [2.24, 2.45) is 0 Å². The van der Waals surface area contributed by atoms with Gasteiger partial charge in [0.2, 0.25) is 0 Å². The Morgan fingerprint density at radius 3 is 2.54 bits per heavy atom. The average Bonchev–Trinajstić information content (AvgIpc) is 2.90. The predicted molar refractivity (Wildman–Crippen MR) is 147 cm³/mol. The summed E-state index contributed by atoms with van der Waals surface area (Å²) in [6.07, 6.45) is 1.75. The molecule has 39 heavy (non-hydrogen) atoms. The van der Waals surface area contributed by atoms with Crippen LogP contribution in [-0.2, 0) is 6.54 Å². The van der Waals surface area contributed by atoms with E-state index >= 15 is 0 Å². The van der Waals surface area contributed by atoms with Crippen LogP contribution < -0.4 is 16.6 Å². The van der Waals surface area contributed by atoms with Crippen molar-refractivity contribution in [2.45, 2.75) is 44.3 Å². The second-order valence-corrected chi connectivity index (χ2v) is 10.2. The molecular formula is C29H30FN5O4. The first-order chi connectivity index (χ1) is 18.7. The number of amides is 1. The summed E-state index contributed by atoms with van der Waals surface area (Å²) in [6, 6.07) is 15.9. The van der Waals surface area contributed by atoms with E-state index in [1.54, 1.807) is 6.07 Å². The van der Waals surface area contributed by atoms with Gasteiger partial charge < -0.3 is 15.3 Å². The third-order valence-electron chi connectivity index (χ3n) is 7.20. The number of hydrogen-bond donors (Lipinski definition) is 2. The topological polar surface area (TPSA) is 109 Å². The van der Waals surface area contributed by atoms with Gasteiger partial charge in [-0.3, -0.25) is 9.36 Å². The maximum Gasteiger partial charge on any atom is 0.404 e. The van der Waals surface area contributed by atoms with E-state index in [1.165, 1.54) is 9.13 Å². The van der Waals surface area contributed by atoms with Gasteiger partial charge in [0.05, 0.1) is 17.3 Å². The Bertz CT molecular complexity index is 1650. The molecule has 0 saturated heterocycles. The van der Waals surface area contributed by atoms with Crippen LogP contribution >= 0.6 is 0 Å². The zero-order valence-electron chi connectivity index (χ0n) is 21.8. The predicted octanol–water partition coefficient (Wildman–Crippen LogP) is 4.17. The molecule has 2 aromatic carbocycles. The first kappa shape index (κ1) is 26.3. The van der Waals surface area contributed by atoms with E-state index in [4.69, 9.17) is 5.11 Å². The Kier molecular flexibility index (Phi) is 7.30. The summed E-state index contributed by atoms with van der Waals surface area (Å²) in [4.78, 5) is 44.8. The fraction of sp³-hybridized carbons (Fsp3) is 0.310. The molecule has 0 aliphatic heterocycles. The fourth-order valence-electron chi connectivity index (χ4n) is 5.48. The molecule has 2 aromatic heterocycles. The molecule has 1 amide bonds. The molecule has 1 aliphatic carbocycles. The van der Waals surface area contributed by atoms with Crippen LogP contribution in [0.25, 0.3) is 27.8 Å². The number of nitrogens with one attached hydrogen (secondary N) is 1. The molecular weight excluding hydrogens is 501 g/mol. The summed E-state index contributed by atoms with van der Waals surface area (Å²) < 4.78 is 16.8. The molecule has 5 rings (SSSR count). The molecule has 9 nitrogen and oxygen atoms in total. The van der Waals surface area contributed by atoms with Gasteiger partial charge in [-0.1, -0.05) is 36.4 Å². The van der Waals surface area contributed by atoms with Crippen molar-refractivity contribution in [3.05, 3.63) is 93.0 Å². The summed E-state index contributed by atoms with van der Waals surface area (Å²) in [5.41, 5.74) is 2.47. The van der Waals surface area contributed by atoms with Gasteiger partial charge in [0, 0.05) is 18.6 Å². The number of rotatable bonds is 6. The minimum absolute atomic E-state index is 0.0128. The van der Waals surface area contributed by atoms with E-state index in [1.807, 2.05) is 50.5 Å². The van der Waals surface area contributed by atoms with Gasteiger partial charge in [-0.25, -0.2) is 23.5 Å². The number of halogens is 1. The Morgan fingerprint density at radius 1 is 1.08 bits per heavy atom. The van der Waals surface area contributed by atoms with Crippen LogP contribution in [-0.4, -0.2) is 50.4 Å². The molecule has 4 aromatic rings. The highest BCUT2D eigenvalue weighted by Gasteiger charge is 2.28. The highest BCUT2D eigenvalue weighted by Crippen LogP contribution is 2.29. The van der Waals surface area contributed by atoms with Crippen molar-refractivity contribution in [1.29, 1.82) is 0 Å². The van der Waals surface area contributed by atoms with Crippen LogP contribution in [0, 0.1) is 5.82 Å². The highest BCUT2D eigenvalue weighted by atomic mass is 19.1.